The number of aromatic nitrogens is 12. The van der Waals surface area contributed by atoms with Gasteiger partial charge in [-0.3, -0.25) is 0 Å². The molecule has 3 aliphatic heterocycles. The molecule has 3 saturated heterocycles. The minimum atomic E-state index is 0.0625. The first-order valence-corrected chi connectivity index (χ1v) is 40.3. The lowest BCUT2D eigenvalue weighted by Gasteiger charge is -2.18. The summed E-state index contributed by atoms with van der Waals surface area (Å²) < 4.78 is 52.8. The summed E-state index contributed by atoms with van der Waals surface area (Å²) in [7, 11) is 20.2. The van der Waals surface area contributed by atoms with Crippen molar-refractivity contribution in [2.24, 2.45) is 0 Å². The largest absolute Gasteiger partial charge is 0.493 e. The van der Waals surface area contributed by atoms with Crippen molar-refractivity contribution in [2.75, 3.05) is 144 Å². The molecule has 628 valence electrons. The molecular formula is C88H94Cl6N16O10. The highest BCUT2D eigenvalue weighted by Crippen LogP contribution is 2.39. The number of nitrogens with zero attached hydrogens (tertiary/aromatic N) is 16. The van der Waals surface area contributed by atoms with E-state index in [1.165, 1.54) is 50.2 Å². The third kappa shape index (κ3) is 25.0. The van der Waals surface area contributed by atoms with Gasteiger partial charge < -0.3 is 67.0 Å². The van der Waals surface area contributed by atoms with E-state index in [1.54, 1.807) is 89.3 Å². The lowest BCUT2D eigenvalue weighted by Crippen LogP contribution is -2.19. The van der Waals surface area contributed by atoms with Gasteiger partial charge in [0.25, 0.3) is 0 Å². The van der Waals surface area contributed by atoms with Crippen molar-refractivity contribution in [1.29, 1.82) is 0 Å². The fraction of sp³-hybridized carbons (Fsp3) is 0.295. The summed E-state index contributed by atoms with van der Waals surface area (Å²) in [5.41, 5.74) is 8.84. The number of aryl methyl sites for hydroxylation is 1. The van der Waals surface area contributed by atoms with Crippen LogP contribution in [0.3, 0.4) is 0 Å². The predicted molar refractivity (Wildman–Crippen MR) is 481 cm³/mol. The summed E-state index contributed by atoms with van der Waals surface area (Å²) in [4.78, 5) is 61.2. The third-order valence-electron chi connectivity index (χ3n) is 18.7. The highest BCUT2D eigenvalue weighted by Gasteiger charge is 2.22. The summed E-state index contributed by atoms with van der Waals surface area (Å²) in [6, 6.07) is 45.8. The molecule has 12 aromatic rings. The van der Waals surface area contributed by atoms with E-state index in [4.69, 9.17) is 137 Å². The molecule has 0 N–H and O–H groups in total. The summed E-state index contributed by atoms with van der Waals surface area (Å²) >= 11 is 33.9. The summed E-state index contributed by atoms with van der Waals surface area (Å²) in [5, 5.41) is 2.23. The molecule has 0 aliphatic carbocycles. The van der Waals surface area contributed by atoms with Crippen molar-refractivity contribution < 1.29 is 47.4 Å². The Bertz CT molecular complexity index is 5420. The van der Waals surface area contributed by atoms with Crippen LogP contribution in [-0.4, -0.2) is 184 Å². The second-order valence-electron chi connectivity index (χ2n) is 26.8. The van der Waals surface area contributed by atoms with Crippen LogP contribution in [0.1, 0.15) is 68.5 Å². The summed E-state index contributed by atoms with van der Waals surface area (Å²) in [6.07, 6.45) is 14.8. The standard InChI is InChI=1S/C28H30N6O2.C19H23N3O2.C16H18ClN3O2.C12H10Cl2N2O2.C9H12O2.C4HCl3N2/c1-33(2)28-20-9-5-6-10-21(20)29-26(32-28)14-13-25-30-22(18-27(31-25)34-15-7-8-16-34)19-11-12-23(35-3)24(17-19)36-4;1-4-7-18-20-15(13-19(21-18)22-10-5-6-11-22)14-8-9-16(23-2)17(12-14)24-3;1-21-13-6-5-11(9-14(13)22-2)12-10-15(19-16(17)18-12)20-7-3-4-8-20;1-17-9-4-3-7(5-10(9)18-2)8-6-11(13)16-12(14)15-8;1-7-4-5-8(10-2)9(6-7)11-3;5-2-1-3(6)9-4(7)8-2/h5-6,9-14,17-18H,7-8,15-16H2,1-4H3;4,7-9,12-13H,5-6,10-11H2,1-3H3;5-6,9-10H,3-4,7-8H2,1-2H3;3-6H,1-2H3;4-6H,1-3H3;1H/b14-13+;7-4+;;;;. The third-order valence-corrected chi connectivity index (χ3v) is 19.8. The Hall–Kier alpha value is -11.5. The molecule has 0 bridgehead atoms. The zero-order valence-electron chi connectivity index (χ0n) is 69.2. The van der Waals surface area contributed by atoms with E-state index in [-0.39, 0.29) is 26.2 Å². The lowest BCUT2D eigenvalue weighted by atomic mass is 10.1. The first-order valence-electron chi connectivity index (χ1n) is 38.1. The number of hydrogen-bond donors (Lipinski definition) is 0. The second-order valence-corrected chi connectivity index (χ2v) is 29.0. The van der Waals surface area contributed by atoms with Crippen molar-refractivity contribution in [3.8, 4) is 103 Å². The van der Waals surface area contributed by atoms with Gasteiger partial charge in [-0.2, -0.15) is 0 Å². The fourth-order valence-corrected chi connectivity index (χ4v) is 14.1. The van der Waals surface area contributed by atoms with Crippen LogP contribution in [0.2, 0.25) is 31.3 Å². The molecule has 15 rings (SSSR count). The van der Waals surface area contributed by atoms with Gasteiger partial charge in [0, 0.05) is 111 Å². The molecular weight excluding hydrogens is 1650 g/mol. The molecule has 0 amide bonds. The van der Waals surface area contributed by atoms with Gasteiger partial charge in [0.1, 0.15) is 38.7 Å². The lowest BCUT2D eigenvalue weighted by molar-refractivity contribution is 0.354. The number of para-hydroxylation sites is 1. The number of hydrogen-bond acceptors (Lipinski definition) is 26. The van der Waals surface area contributed by atoms with E-state index in [9.17, 15) is 0 Å². The van der Waals surface area contributed by atoms with Crippen LogP contribution in [0.5, 0.6) is 57.5 Å². The molecule has 120 heavy (non-hydrogen) atoms. The Morgan fingerprint density at radius 2 is 0.625 bits per heavy atom. The van der Waals surface area contributed by atoms with E-state index >= 15 is 0 Å². The summed E-state index contributed by atoms with van der Waals surface area (Å²) in [5.74, 6) is 12.5. The Morgan fingerprint density at radius 3 is 0.992 bits per heavy atom. The van der Waals surface area contributed by atoms with Crippen molar-refractivity contribution in [2.45, 2.75) is 52.4 Å². The number of rotatable bonds is 21. The van der Waals surface area contributed by atoms with Crippen molar-refractivity contribution >= 4 is 122 Å². The number of ether oxygens (including phenoxy) is 10. The van der Waals surface area contributed by atoms with Crippen LogP contribution in [0.15, 0.2) is 152 Å². The van der Waals surface area contributed by atoms with Gasteiger partial charge in [0.05, 0.1) is 99.4 Å². The molecule has 9 heterocycles. The Morgan fingerprint density at radius 1 is 0.308 bits per heavy atom. The van der Waals surface area contributed by atoms with Gasteiger partial charge in [0.15, 0.2) is 75.0 Å². The van der Waals surface area contributed by atoms with Gasteiger partial charge in [-0.25, -0.2) is 59.8 Å². The molecule has 3 aliphatic rings. The molecule has 0 atom stereocenters. The fourth-order valence-electron chi connectivity index (χ4n) is 12.8. The molecule has 0 spiro atoms. The van der Waals surface area contributed by atoms with Gasteiger partial charge in [-0.05, 0) is 208 Å². The van der Waals surface area contributed by atoms with Crippen molar-refractivity contribution in [1.82, 2.24) is 59.8 Å². The summed E-state index contributed by atoms with van der Waals surface area (Å²) in [6.45, 7) is 10.1. The highest BCUT2D eigenvalue weighted by atomic mass is 35.5. The number of anilines is 4. The quantitative estimate of drug-likeness (QED) is 0.0478. The molecule has 0 saturated carbocycles. The molecule has 26 nitrogen and oxygen atoms in total. The molecule has 3 fully saturated rings. The number of benzene rings is 6. The van der Waals surface area contributed by atoms with E-state index in [1.807, 2.05) is 172 Å². The predicted octanol–water partition coefficient (Wildman–Crippen LogP) is 20.1. The minimum absolute atomic E-state index is 0.0625. The number of fused-ring (bicyclic) bond motifs is 1. The van der Waals surface area contributed by atoms with Crippen molar-refractivity contribution in [3.63, 3.8) is 0 Å². The van der Waals surface area contributed by atoms with Crippen LogP contribution >= 0.6 is 69.6 Å². The van der Waals surface area contributed by atoms with Gasteiger partial charge in [-0.1, -0.05) is 59.1 Å². The van der Waals surface area contributed by atoms with Crippen LogP contribution in [-0.2, 0) is 0 Å². The first-order chi connectivity index (χ1) is 58.1. The van der Waals surface area contributed by atoms with Gasteiger partial charge >= 0.3 is 0 Å². The van der Waals surface area contributed by atoms with Crippen molar-refractivity contribution in [3.05, 3.63) is 206 Å². The molecule has 0 radical (unpaired) electrons. The first kappa shape index (κ1) is 90.8. The van der Waals surface area contributed by atoms with Crippen LogP contribution < -0.4 is 67.0 Å². The van der Waals surface area contributed by atoms with Gasteiger partial charge in [-0.15, -0.1) is 0 Å². The number of allylic oxidation sites excluding steroid dienone is 1. The average molecular weight is 1750 g/mol. The average Bonchev–Trinajstić information content (AvgIpc) is 1.25. The van der Waals surface area contributed by atoms with Crippen LogP contribution in [0.25, 0.3) is 74.2 Å². The van der Waals surface area contributed by atoms with E-state index < -0.39 is 0 Å². The minimum Gasteiger partial charge on any atom is -0.493 e. The van der Waals surface area contributed by atoms with Crippen LogP contribution in [0, 0.1) is 6.92 Å². The topological polar surface area (TPSA) is 260 Å². The van der Waals surface area contributed by atoms with E-state index in [0.29, 0.717) is 68.5 Å². The SMILES string of the molecule is C/C=C/c1nc(-c2ccc(OC)c(OC)c2)cc(N2CCCC2)n1.COc1ccc(-c2cc(Cl)nc(Cl)n2)cc1OC.COc1ccc(-c2cc(N3CCCC3)nc(/C=C/c3nc(N(C)C)c4ccccc4n3)n2)cc1OC.COc1ccc(-c2cc(N3CCCC3)nc(Cl)n2)cc1OC.COc1ccc(C)cc1OC.Clc1cc(Cl)nc(Cl)n1. The maximum atomic E-state index is 6.11. The second kappa shape index (κ2) is 45.0. The Balaban J connectivity index is 0.000000160. The monoisotopic (exact) mass is 1740 g/mol. The molecule has 6 aromatic heterocycles. The zero-order chi connectivity index (χ0) is 85.8. The van der Waals surface area contributed by atoms with Gasteiger partial charge in [0.2, 0.25) is 15.9 Å². The molecule has 0 unspecified atom stereocenters. The normalized spacial score (nSPS) is 12.7. The zero-order valence-corrected chi connectivity index (χ0v) is 73.7. The smallest absolute Gasteiger partial charge is 0.225 e. The Kier molecular flexibility index (Phi) is 34.1. The van der Waals surface area contributed by atoms with Crippen LogP contribution in [0.4, 0.5) is 23.3 Å². The number of halogens is 6. The van der Waals surface area contributed by atoms with E-state index in [2.05, 4.69) is 60.6 Å². The van der Waals surface area contributed by atoms with E-state index in [0.717, 1.165) is 130 Å². The maximum absolute atomic E-state index is 6.11. The Labute approximate surface area is 729 Å². The highest BCUT2D eigenvalue weighted by molar-refractivity contribution is 6.35. The molecule has 6 aromatic carbocycles. The molecule has 32 heteroatoms. The number of methoxy groups -OCH3 is 10. The maximum Gasteiger partial charge on any atom is 0.225 e.